The van der Waals surface area contributed by atoms with Crippen LogP contribution in [-0.2, 0) is 0 Å². The van der Waals surface area contributed by atoms with Gasteiger partial charge in [0.05, 0.1) is 0 Å². The number of hydrogen-bond donors (Lipinski definition) is 0. The zero-order valence-electron chi connectivity index (χ0n) is 11.2. The molecule has 0 saturated carbocycles. The fraction of sp³-hybridized carbons (Fsp3) is 0.571. The van der Waals surface area contributed by atoms with Gasteiger partial charge in [0.1, 0.15) is 0 Å². The molecule has 1 nitrogen and oxygen atoms in total. The number of nitrogens with zero attached hydrogens (tertiary/aromatic N) is 1. The fourth-order valence-electron chi connectivity index (χ4n) is 2.03. The zero-order valence-corrected chi connectivity index (χ0v) is 12.1. The van der Waals surface area contributed by atoms with Gasteiger partial charge in [-0.15, -0.1) is 12.4 Å². The predicted octanol–water partition coefficient (Wildman–Crippen LogP) is 4.42. The van der Waals surface area contributed by atoms with Crippen LogP contribution in [0.5, 0.6) is 0 Å². The highest BCUT2D eigenvalue weighted by Gasteiger charge is 2.14. The van der Waals surface area contributed by atoms with Gasteiger partial charge in [0.15, 0.2) is 0 Å². The zero-order chi connectivity index (χ0) is 11.6. The quantitative estimate of drug-likeness (QED) is 0.757. The van der Waals surface area contributed by atoms with Crippen LogP contribution in [0.25, 0.3) is 0 Å². The summed E-state index contributed by atoms with van der Waals surface area (Å²) in [5.41, 5.74) is 4.31. The molecule has 16 heavy (non-hydrogen) atoms. The number of halogens is 1. The van der Waals surface area contributed by atoms with Crippen molar-refractivity contribution in [3.63, 3.8) is 0 Å². The summed E-state index contributed by atoms with van der Waals surface area (Å²) < 4.78 is 0. The first-order valence-electron chi connectivity index (χ1n) is 5.75. The van der Waals surface area contributed by atoms with E-state index in [0.717, 1.165) is 0 Å². The Labute approximate surface area is 106 Å². The third kappa shape index (κ3) is 3.15. The molecular formula is C14H24ClN. The summed E-state index contributed by atoms with van der Waals surface area (Å²) in [6.45, 7) is 9.03. The third-order valence-electron chi connectivity index (χ3n) is 2.79. The average molecular weight is 242 g/mol. The first kappa shape index (κ1) is 15.3. The minimum Gasteiger partial charge on any atom is -0.377 e. The summed E-state index contributed by atoms with van der Waals surface area (Å²) in [4.78, 5) is 2.24. The number of anilines is 1. The molecule has 2 heteroatoms. The monoisotopic (exact) mass is 241 g/mol. The first-order valence-corrected chi connectivity index (χ1v) is 5.75. The second-order valence-electron chi connectivity index (χ2n) is 4.99. The predicted molar refractivity (Wildman–Crippen MR) is 76.2 cm³/mol. The van der Waals surface area contributed by atoms with Gasteiger partial charge in [0.2, 0.25) is 0 Å². The molecule has 0 radical (unpaired) electrons. The molecule has 0 fully saturated rings. The Morgan fingerprint density at radius 1 is 0.875 bits per heavy atom. The molecule has 0 aliphatic carbocycles. The third-order valence-corrected chi connectivity index (χ3v) is 2.79. The minimum absolute atomic E-state index is 0. The van der Waals surface area contributed by atoms with E-state index in [1.165, 1.54) is 16.8 Å². The lowest BCUT2D eigenvalue weighted by molar-refractivity contribution is 0.822. The van der Waals surface area contributed by atoms with Crippen LogP contribution in [-0.4, -0.2) is 14.1 Å². The molecule has 0 amide bonds. The second kappa shape index (κ2) is 6.15. The van der Waals surface area contributed by atoms with E-state index in [1.807, 2.05) is 0 Å². The lowest BCUT2D eigenvalue weighted by Crippen LogP contribution is -2.15. The first-order chi connectivity index (χ1) is 6.95. The van der Waals surface area contributed by atoms with Gasteiger partial charge < -0.3 is 4.90 Å². The number of hydrogen-bond acceptors (Lipinski definition) is 1. The molecule has 92 valence electrons. The lowest BCUT2D eigenvalue weighted by Gasteiger charge is -2.25. The molecular weight excluding hydrogens is 218 g/mol. The van der Waals surface area contributed by atoms with Crippen molar-refractivity contribution < 1.29 is 0 Å². The maximum absolute atomic E-state index is 2.26. The van der Waals surface area contributed by atoms with Gasteiger partial charge in [-0.3, -0.25) is 0 Å². The minimum atomic E-state index is 0. The largest absolute Gasteiger partial charge is 0.377 e. The van der Waals surface area contributed by atoms with E-state index in [9.17, 15) is 0 Å². The Bertz CT molecular complexity index is 303. The van der Waals surface area contributed by atoms with Crippen molar-refractivity contribution in [2.75, 3.05) is 19.0 Å². The number of benzene rings is 1. The molecule has 0 N–H and O–H groups in total. The highest BCUT2D eigenvalue weighted by Crippen LogP contribution is 2.33. The van der Waals surface area contributed by atoms with Gasteiger partial charge in [-0.1, -0.05) is 45.9 Å². The highest BCUT2D eigenvalue weighted by molar-refractivity contribution is 5.85. The molecule has 0 unspecified atom stereocenters. The second-order valence-corrected chi connectivity index (χ2v) is 4.99. The van der Waals surface area contributed by atoms with Crippen LogP contribution in [0.1, 0.15) is 50.7 Å². The molecule has 0 spiro atoms. The Hall–Kier alpha value is -0.690. The number of para-hydroxylation sites is 1. The van der Waals surface area contributed by atoms with E-state index in [2.05, 4.69) is 64.9 Å². The van der Waals surface area contributed by atoms with E-state index in [0.29, 0.717) is 11.8 Å². The maximum Gasteiger partial charge on any atom is 0.0431 e. The molecule has 0 aliphatic rings. The van der Waals surface area contributed by atoms with Gasteiger partial charge in [-0.25, -0.2) is 0 Å². The van der Waals surface area contributed by atoms with Crippen molar-refractivity contribution in [3.05, 3.63) is 29.3 Å². The van der Waals surface area contributed by atoms with Crippen molar-refractivity contribution >= 4 is 18.1 Å². The molecule has 0 saturated heterocycles. The van der Waals surface area contributed by atoms with Crippen molar-refractivity contribution in [2.45, 2.75) is 39.5 Å². The number of rotatable bonds is 3. The molecule has 1 aromatic carbocycles. The summed E-state index contributed by atoms with van der Waals surface area (Å²) in [7, 11) is 4.26. The Morgan fingerprint density at radius 2 is 1.25 bits per heavy atom. The van der Waals surface area contributed by atoms with Crippen molar-refractivity contribution in [1.29, 1.82) is 0 Å². The topological polar surface area (TPSA) is 3.24 Å². The van der Waals surface area contributed by atoms with E-state index in [-0.39, 0.29) is 12.4 Å². The Balaban J connectivity index is 0.00000225. The molecule has 0 atom stereocenters. The summed E-state index contributed by atoms with van der Waals surface area (Å²) in [5, 5.41) is 0. The average Bonchev–Trinajstić information content (AvgIpc) is 2.16. The maximum atomic E-state index is 2.26. The summed E-state index contributed by atoms with van der Waals surface area (Å²) in [6, 6.07) is 6.66. The SMILES string of the molecule is CC(C)c1cccc(C(C)C)c1N(C)C.Cl. The van der Waals surface area contributed by atoms with Crippen molar-refractivity contribution in [1.82, 2.24) is 0 Å². The molecule has 0 heterocycles. The van der Waals surface area contributed by atoms with Crippen LogP contribution in [0.3, 0.4) is 0 Å². The van der Waals surface area contributed by atoms with Crippen LogP contribution in [0.4, 0.5) is 5.69 Å². The molecule has 1 rings (SSSR count). The van der Waals surface area contributed by atoms with E-state index >= 15 is 0 Å². The highest BCUT2D eigenvalue weighted by atomic mass is 35.5. The van der Waals surface area contributed by atoms with Crippen molar-refractivity contribution in [2.24, 2.45) is 0 Å². The van der Waals surface area contributed by atoms with E-state index < -0.39 is 0 Å². The molecule has 0 aliphatic heterocycles. The summed E-state index contributed by atoms with van der Waals surface area (Å²) >= 11 is 0. The van der Waals surface area contributed by atoms with Crippen LogP contribution in [0, 0.1) is 0 Å². The van der Waals surface area contributed by atoms with E-state index in [4.69, 9.17) is 0 Å². The smallest absolute Gasteiger partial charge is 0.0431 e. The van der Waals surface area contributed by atoms with Crippen molar-refractivity contribution in [3.8, 4) is 0 Å². The lowest BCUT2D eigenvalue weighted by atomic mass is 9.92. The molecule has 1 aromatic rings. The van der Waals surface area contributed by atoms with Crippen LogP contribution < -0.4 is 4.90 Å². The Kier molecular flexibility index (Phi) is 5.88. The van der Waals surface area contributed by atoms with Crippen LogP contribution in [0.2, 0.25) is 0 Å². The Morgan fingerprint density at radius 3 is 1.50 bits per heavy atom. The van der Waals surface area contributed by atoms with Gasteiger partial charge in [0, 0.05) is 19.8 Å². The van der Waals surface area contributed by atoms with E-state index in [1.54, 1.807) is 0 Å². The van der Waals surface area contributed by atoms with Crippen LogP contribution >= 0.6 is 12.4 Å². The van der Waals surface area contributed by atoms with Gasteiger partial charge in [0.25, 0.3) is 0 Å². The fourth-order valence-corrected chi connectivity index (χ4v) is 2.03. The normalized spacial score (nSPS) is 10.5. The van der Waals surface area contributed by atoms with Crippen LogP contribution in [0.15, 0.2) is 18.2 Å². The molecule has 0 aromatic heterocycles. The van der Waals surface area contributed by atoms with Gasteiger partial charge >= 0.3 is 0 Å². The molecule has 0 bridgehead atoms. The van der Waals surface area contributed by atoms with Gasteiger partial charge in [-0.2, -0.15) is 0 Å². The standard InChI is InChI=1S/C14H23N.ClH/c1-10(2)12-8-7-9-13(11(3)4)14(12)15(5)6;/h7-11H,1-6H3;1H. The summed E-state index contributed by atoms with van der Waals surface area (Å²) in [6.07, 6.45) is 0. The summed E-state index contributed by atoms with van der Waals surface area (Å²) in [5.74, 6) is 1.17. The van der Waals surface area contributed by atoms with Gasteiger partial charge in [-0.05, 0) is 23.0 Å².